The van der Waals surface area contributed by atoms with Crippen molar-refractivity contribution >= 4 is 0 Å². The van der Waals surface area contributed by atoms with Crippen LogP contribution in [0.5, 0.6) is 17.2 Å². The number of ether oxygens (including phenoxy) is 1. The molecule has 0 aliphatic heterocycles. The van der Waals surface area contributed by atoms with E-state index >= 15 is 0 Å². The molecule has 0 saturated carbocycles. The maximum Gasteiger partial charge on any atom is 0.169 e. The highest BCUT2D eigenvalue weighted by Gasteiger charge is 2.35. The first-order valence-electron chi connectivity index (χ1n) is 11.0. The van der Waals surface area contributed by atoms with E-state index in [4.69, 9.17) is 4.74 Å². The summed E-state index contributed by atoms with van der Waals surface area (Å²) in [5, 5.41) is 10.4. The molecule has 4 aromatic carbocycles. The molecule has 0 unspecified atom stereocenters. The van der Waals surface area contributed by atoms with Gasteiger partial charge in [-0.3, -0.25) is 0 Å². The molecule has 0 amide bonds. The Bertz CT molecular complexity index is 1190. The van der Waals surface area contributed by atoms with Crippen molar-refractivity contribution in [1.82, 2.24) is 0 Å². The molecule has 0 heterocycles. The second kappa shape index (κ2) is 8.55. The average molecular weight is 423 g/mol. The normalized spacial score (nSPS) is 11.9. The van der Waals surface area contributed by atoms with Gasteiger partial charge in [0.05, 0.1) is 0 Å². The zero-order chi connectivity index (χ0) is 22.8. The Morgan fingerprint density at radius 3 is 1.62 bits per heavy atom. The fraction of sp³-hybridized carbons (Fsp3) is 0.200. The highest BCUT2D eigenvalue weighted by atomic mass is 16.5. The lowest BCUT2D eigenvalue weighted by atomic mass is 9.68. The van der Waals surface area contributed by atoms with E-state index in [0.717, 1.165) is 11.3 Å². The average Bonchev–Trinajstić information content (AvgIpc) is 2.81. The Labute approximate surface area is 191 Å². The third kappa shape index (κ3) is 4.01. The van der Waals surface area contributed by atoms with Gasteiger partial charge in [-0.1, -0.05) is 113 Å². The molecular formula is C30H30O2. The molecule has 0 atom stereocenters. The Balaban J connectivity index is 1.96. The van der Waals surface area contributed by atoms with Gasteiger partial charge < -0.3 is 9.84 Å². The van der Waals surface area contributed by atoms with Crippen LogP contribution in [0, 0.1) is 0 Å². The van der Waals surface area contributed by atoms with Gasteiger partial charge in [-0.15, -0.1) is 0 Å². The van der Waals surface area contributed by atoms with Crippen LogP contribution in [-0.2, 0) is 10.8 Å². The monoisotopic (exact) mass is 422 g/mol. The molecule has 4 aromatic rings. The number of phenolic OH excluding ortho intramolecular Hbond substituents is 1. The van der Waals surface area contributed by atoms with Crippen LogP contribution < -0.4 is 4.74 Å². The predicted octanol–water partition coefficient (Wildman–Crippen LogP) is 7.84. The lowest BCUT2D eigenvalue weighted by Crippen LogP contribution is -2.28. The summed E-state index contributed by atoms with van der Waals surface area (Å²) in [4.78, 5) is 0. The van der Waals surface area contributed by atoms with Crippen molar-refractivity contribution < 1.29 is 9.84 Å². The van der Waals surface area contributed by atoms with Crippen LogP contribution in [-0.4, -0.2) is 5.11 Å². The van der Waals surface area contributed by atoms with Gasteiger partial charge in [-0.2, -0.15) is 0 Å². The molecular weight excluding hydrogens is 392 g/mol. The molecule has 162 valence electrons. The van der Waals surface area contributed by atoms with E-state index in [1.807, 2.05) is 30.3 Å². The molecule has 2 heteroatoms. The summed E-state index contributed by atoms with van der Waals surface area (Å²) in [6, 6.07) is 34.4. The number of hydrogen-bond donors (Lipinski definition) is 1. The molecule has 32 heavy (non-hydrogen) atoms. The molecule has 0 aromatic heterocycles. The quantitative estimate of drug-likeness (QED) is 0.343. The molecule has 1 N–H and O–H groups in total. The van der Waals surface area contributed by atoms with E-state index in [1.165, 1.54) is 16.7 Å². The summed E-state index contributed by atoms with van der Waals surface area (Å²) >= 11 is 0. The summed E-state index contributed by atoms with van der Waals surface area (Å²) in [6.45, 7) is 8.98. The Kier molecular flexibility index (Phi) is 5.80. The fourth-order valence-electron chi connectivity index (χ4n) is 4.45. The predicted molar refractivity (Wildman–Crippen MR) is 132 cm³/mol. The Morgan fingerprint density at radius 1 is 0.531 bits per heavy atom. The second-order valence-electron chi connectivity index (χ2n) is 9.23. The fourth-order valence-corrected chi connectivity index (χ4v) is 4.45. The topological polar surface area (TPSA) is 29.5 Å². The first-order chi connectivity index (χ1) is 15.3. The largest absolute Gasteiger partial charge is 0.504 e. The minimum Gasteiger partial charge on any atom is -0.504 e. The van der Waals surface area contributed by atoms with Crippen molar-refractivity contribution in [3.05, 3.63) is 125 Å². The van der Waals surface area contributed by atoms with Gasteiger partial charge in [0.15, 0.2) is 11.5 Å². The summed E-state index contributed by atoms with van der Waals surface area (Å²) in [5.41, 5.74) is 4.18. The summed E-state index contributed by atoms with van der Waals surface area (Å²) in [7, 11) is 0. The van der Waals surface area contributed by atoms with Crippen LogP contribution in [0.2, 0.25) is 0 Å². The molecule has 0 fully saturated rings. The van der Waals surface area contributed by atoms with Crippen molar-refractivity contribution in [2.75, 3.05) is 0 Å². The standard InChI is InChI=1S/C30H30O2/c1-29(2,22-14-7-5-8-15-22)24-18-13-21-27(32-26-20-12-11-19-25(26)31)28(24)30(3,4)23-16-9-6-10-17-23/h5-21,31H,1-4H3. The van der Waals surface area contributed by atoms with Gasteiger partial charge >= 0.3 is 0 Å². The number of hydrogen-bond acceptors (Lipinski definition) is 2. The SMILES string of the molecule is CC(C)(c1ccccc1)c1cccc(Oc2ccccc2O)c1C(C)(C)c1ccccc1. The summed E-state index contributed by atoms with van der Waals surface area (Å²) in [5.74, 6) is 1.33. The summed E-state index contributed by atoms with van der Waals surface area (Å²) < 4.78 is 6.37. The van der Waals surface area contributed by atoms with E-state index in [1.54, 1.807) is 18.2 Å². The highest BCUT2D eigenvalue weighted by molar-refractivity contribution is 5.57. The zero-order valence-electron chi connectivity index (χ0n) is 19.2. The van der Waals surface area contributed by atoms with Crippen molar-refractivity contribution in [3.63, 3.8) is 0 Å². The Morgan fingerprint density at radius 2 is 1.03 bits per heavy atom. The maximum absolute atomic E-state index is 10.4. The van der Waals surface area contributed by atoms with Crippen molar-refractivity contribution in [1.29, 1.82) is 0 Å². The van der Waals surface area contributed by atoms with Crippen LogP contribution in [0.4, 0.5) is 0 Å². The van der Waals surface area contributed by atoms with E-state index in [-0.39, 0.29) is 16.6 Å². The lowest BCUT2D eigenvalue weighted by molar-refractivity contribution is 0.402. The number of rotatable bonds is 6. The summed E-state index contributed by atoms with van der Waals surface area (Å²) in [6.07, 6.45) is 0. The molecule has 0 radical (unpaired) electrons. The maximum atomic E-state index is 10.4. The van der Waals surface area contributed by atoms with Crippen molar-refractivity contribution in [2.24, 2.45) is 0 Å². The van der Waals surface area contributed by atoms with E-state index in [2.05, 4.69) is 82.3 Å². The minimum atomic E-state index is -0.330. The molecule has 0 bridgehead atoms. The first kappa shape index (κ1) is 21.7. The third-order valence-corrected chi connectivity index (χ3v) is 6.40. The number of aromatic hydroxyl groups is 1. The van der Waals surface area contributed by atoms with E-state index < -0.39 is 0 Å². The smallest absolute Gasteiger partial charge is 0.169 e. The first-order valence-corrected chi connectivity index (χ1v) is 11.0. The molecule has 0 aliphatic rings. The molecule has 2 nitrogen and oxygen atoms in total. The van der Waals surface area contributed by atoms with Crippen LogP contribution in [0.15, 0.2) is 103 Å². The minimum absolute atomic E-state index is 0.128. The zero-order valence-corrected chi connectivity index (χ0v) is 19.2. The molecule has 0 aliphatic carbocycles. The highest BCUT2D eigenvalue weighted by Crippen LogP contribution is 2.47. The van der Waals surface area contributed by atoms with Crippen molar-refractivity contribution in [3.8, 4) is 17.2 Å². The van der Waals surface area contributed by atoms with Gasteiger partial charge in [0, 0.05) is 16.4 Å². The number of phenols is 1. The van der Waals surface area contributed by atoms with Crippen LogP contribution in [0.25, 0.3) is 0 Å². The molecule has 0 saturated heterocycles. The van der Waals surface area contributed by atoms with Gasteiger partial charge in [-0.25, -0.2) is 0 Å². The van der Waals surface area contributed by atoms with Gasteiger partial charge in [0.2, 0.25) is 0 Å². The Hall–Kier alpha value is -3.52. The van der Waals surface area contributed by atoms with E-state index in [9.17, 15) is 5.11 Å². The van der Waals surface area contributed by atoms with Gasteiger partial charge in [0.25, 0.3) is 0 Å². The molecule has 4 rings (SSSR count). The lowest BCUT2D eigenvalue weighted by Gasteiger charge is -2.36. The van der Waals surface area contributed by atoms with E-state index in [0.29, 0.717) is 5.75 Å². The van der Waals surface area contributed by atoms with Crippen LogP contribution >= 0.6 is 0 Å². The third-order valence-electron chi connectivity index (χ3n) is 6.40. The van der Waals surface area contributed by atoms with Crippen LogP contribution in [0.1, 0.15) is 49.9 Å². The van der Waals surface area contributed by atoms with Crippen LogP contribution in [0.3, 0.4) is 0 Å². The van der Waals surface area contributed by atoms with Gasteiger partial charge in [-0.05, 0) is 34.9 Å². The number of benzene rings is 4. The van der Waals surface area contributed by atoms with Crippen molar-refractivity contribution in [2.45, 2.75) is 38.5 Å². The molecule has 0 spiro atoms. The van der Waals surface area contributed by atoms with Gasteiger partial charge in [0.1, 0.15) is 5.75 Å². The number of para-hydroxylation sites is 2. The second-order valence-corrected chi connectivity index (χ2v) is 9.23.